The quantitative estimate of drug-likeness (QED) is 0.778. The van der Waals surface area contributed by atoms with Crippen LogP contribution < -0.4 is 10.2 Å². The van der Waals surface area contributed by atoms with Gasteiger partial charge in [0.2, 0.25) is 0 Å². The van der Waals surface area contributed by atoms with E-state index in [0.717, 1.165) is 19.6 Å². The van der Waals surface area contributed by atoms with E-state index in [1.807, 2.05) is 12.1 Å². The second-order valence-corrected chi connectivity index (χ2v) is 3.99. The van der Waals surface area contributed by atoms with Crippen molar-refractivity contribution in [3.63, 3.8) is 0 Å². The topological polar surface area (TPSA) is 39.1 Å². The van der Waals surface area contributed by atoms with Crippen molar-refractivity contribution >= 4 is 5.69 Å². The van der Waals surface area contributed by atoms with Crippen molar-refractivity contribution in [3.8, 4) is 6.07 Å². The first kappa shape index (κ1) is 10.9. The zero-order valence-electron chi connectivity index (χ0n) is 9.20. The predicted molar refractivity (Wildman–Crippen MR) is 60.8 cm³/mol. The Balaban J connectivity index is 2.39. The summed E-state index contributed by atoms with van der Waals surface area (Å²) in [5.41, 5.74) is 0.854. The Morgan fingerprint density at radius 3 is 3.06 bits per heavy atom. The van der Waals surface area contributed by atoms with Gasteiger partial charge in [-0.25, -0.2) is 4.39 Å². The minimum absolute atomic E-state index is 0.149. The fourth-order valence-corrected chi connectivity index (χ4v) is 2.06. The van der Waals surface area contributed by atoms with Crippen molar-refractivity contribution in [2.45, 2.75) is 13.0 Å². The van der Waals surface area contributed by atoms with Gasteiger partial charge in [-0.3, -0.25) is 0 Å². The molecule has 0 bridgehead atoms. The molecule has 0 amide bonds. The van der Waals surface area contributed by atoms with E-state index < -0.39 is 5.82 Å². The SMILES string of the molecule is CC1CNCCN1c1cccc(F)c1C#N. The molecular formula is C12H14FN3. The third kappa shape index (κ3) is 1.86. The highest BCUT2D eigenvalue weighted by atomic mass is 19.1. The van der Waals surface area contributed by atoms with Crippen LogP contribution >= 0.6 is 0 Å². The Morgan fingerprint density at radius 2 is 2.38 bits per heavy atom. The molecule has 1 unspecified atom stereocenters. The Kier molecular flexibility index (Phi) is 3.07. The van der Waals surface area contributed by atoms with Gasteiger partial charge in [-0.15, -0.1) is 0 Å². The zero-order chi connectivity index (χ0) is 11.5. The summed E-state index contributed by atoms with van der Waals surface area (Å²) in [5, 5.41) is 12.3. The number of nitrogens with zero attached hydrogens (tertiary/aromatic N) is 2. The molecule has 0 spiro atoms. The lowest BCUT2D eigenvalue weighted by Gasteiger charge is -2.36. The third-order valence-electron chi connectivity index (χ3n) is 2.91. The van der Waals surface area contributed by atoms with Crippen LogP contribution in [0.5, 0.6) is 0 Å². The van der Waals surface area contributed by atoms with Gasteiger partial charge in [0.05, 0.1) is 5.69 Å². The van der Waals surface area contributed by atoms with E-state index >= 15 is 0 Å². The molecule has 1 aliphatic rings. The summed E-state index contributed by atoms with van der Waals surface area (Å²) >= 11 is 0. The fraction of sp³-hybridized carbons (Fsp3) is 0.417. The molecule has 3 nitrogen and oxygen atoms in total. The number of anilines is 1. The summed E-state index contributed by atoms with van der Waals surface area (Å²) in [6.07, 6.45) is 0. The fourth-order valence-electron chi connectivity index (χ4n) is 2.06. The predicted octanol–water partition coefficient (Wildman–Crippen LogP) is 1.50. The molecule has 1 aliphatic heterocycles. The Morgan fingerprint density at radius 1 is 1.56 bits per heavy atom. The van der Waals surface area contributed by atoms with Crippen molar-refractivity contribution < 1.29 is 4.39 Å². The van der Waals surface area contributed by atoms with E-state index in [1.54, 1.807) is 6.07 Å². The normalized spacial score (nSPS) is 20.6. The molecule has 4 heteroatoms. The molecule has 1 aromatic rings. The highest BCUT2D eigenvalue weighted by Gasteiger charge is 2.21. The van der Waals surface area contributed by atoms with Gasteiger partial charge in [-0.2, -0.15) is 5.26 Å². The number of halogens is 1. The summed E-state index contributed by atoms with van der Waals surface area (Å²) in [4.78, 5) is 2.08. The first-order valence-corrected chi connectivity index (χ1v) is 5.40. The second kappa shape index (κ2) is 4.50. The van der Waals surface area contributed by atoms with Gasteiger partial charge < -0.3 is 10.2 Å². The van der Waals surface area contributed by atoms with E-state index in [9.17, 15) is 4.39 Å². The van der Waals surface area contributed by atoms with Crippen LogP contribution in [0.25, 0.3) is 0 Å². The molecule has 0 aromatic heterocycles. The van der Waals surface area contributed by atoms with Gasteiger partial charge in [-0.05, 0) is 19.1 Å². The molecule has 2 rings (SSSR count). The molecule has 0 radical (unpaired) electrons. The summed E-state index contributed by atoms with van der Waals surface area (Å²) in [6, 6.07) is 7.02. The van der Waals surface area contributed by atoms with Gasteiger partial charge >= 0.3 is 0 Å². The first-order valence-electron chi connectivity index (χ1n) is 5.40. The molecule has 1 aromatic carbocycles. The lowest BCUT2D eigenvalue weighted by molar-refractivity contribution is 0.499. The molecular weight excluding hydrogens is 205 g/mol. The Labute approximate surface area is 94.5 Å². The maximum Gasteiger partial charge on any atom is 0.143 e. The largest absolute Gasteiger partial charge is 0.365 e. The van der Waals surface area contributed by atoms with Crippen molar-refractivity contribution in [2.24, 2.45) is 0 Å². The molecule has 1 heterocycles. The van der Waals surface area contributed by atoms with Crippen LogP contribution in [0.4, 0.5) is 10.1 Å². The van der Waals surface area contributed by atoms with E-state index in [2.05, 4.69) is 17.1 Å². The molecule has 1 fully saturated rings. The lowest BCUT2D eigenvalue weighted by atomic mass is 10.1. The van der Waals surface area contributed by atoms with Crippen molar-refractivity contribution in [2.75, 3.05) is 24.5 Å². The monoisotopic (exact) mass is 219 g/mol. The van der Waals surface area contributed by atoms with Crippen molar-refractivity contribution in [1.82, 2.24) is 5.32 Å². The molecule has 1 atom stereocenters. The van der Waals surface area contributed by atoms with Crippen LogP contribution in [0.15, 0.2) is 18.2 Å². The number of rotatable bonds is 1. The van der Waals surface area contributed by atoms with Crippen LogP contribution in [0.2, 0.25) is 0 Å². The summed E-state index contributed by atoms with van der Waals surface area (Å²) < 4.78 is 13.5. The van der Waals surface area contributed by atoms with Crippen LogP contribution in [0.1, 0.15) is 12.5 Å². The van der Waals surface area contributed by atoms with Crippen LogP contribution in [-0.2, 0) is 0 Å². The number of hydrogen-bond donors (Lipinski definition) is 1. The smallest absolute Gasteiger partial charge is 0.143 e. The van der Waals surface area contributed by atoms with Gasteiger partial charge in [0.1, 0.15) is 17.4 Å². The van der Waals surface area contributed by atoms with Gasteiger partial charge in [0.25, 0.3) is 0 Å². The molecule has 0 saturated carbocycles. The number of nitriles is 1. The Hall–Kier alpha value is -1.60. The van der Waals surface area contributed by atoms with Crippen molar-refractivity contribution in [3.05, 3.63) is 29.6 Å². The number of benzene rings is 1. The van der Waals surface area contributed by atoms with E-state index in [4.69, 9.17) is 5.26 Å². The van der Waals surface area contributed by atoms with Crippen LogP contribution in [0.3, 0.4) is 0 Å². The molecule has 16 heavy (non-hydrogen) atoms. The van der Waals surface area contributed by atoms with Gasteiger partial charge in [0, 0.05) is 25.7 Å². The van der Waals surface area contributed by atoms with Gasteiger partial charge in [-0.1, -0.05) is 6.07 Å². The first-order chi connectivity index (χ1) is 7.74. The minimum Gasteiger partial charge on any atom is -0.365 e. The van der Waals surface area contributed by atoms with Crippen molar-refractivity contribution in [1.29, 1.82) is 5.26 Å². The lowest BCUT2D eigenvalue weighted by Crippen LogP contribution is -2.50. The highest BCUT2D eigenvalue weighted by molar-refractivity contribution is 5.60. The maximum atomic E-state index is 13.5. The molecule has 0 aliphatic carbocycles. The molecule has 84 valence electrons. The average Bonchev–Trinajstić information content (AvgIpc) is 2.29. The summed E-state index contributed by atoms with van der Waals surface area (Å²) in [5.74, 6) is -0.439. The second-order valence-electron chi connectivity index (χ2n) is 3.99. The average molecular weight is 219 g/mol. The summed E-state index contributed by atoms with van der Waals surface area (Å²) in [6.45, 7) is 4.60. The maximum absolute atomic E-state index is 13.5. The molecule has 1 N–H and O–H groups in total. The number of hydrogen-bond acceptors (Lipinski definition) is 3. The van der Waals surface area contributed by atoms with E-state index in [-0.39, 0.29) is 11.6 Å². The van der Waals surface area contributed by atoms with Crippen LogP contribution in [-0.4, -0.2) is 25.7 Å². The highest BCUT2D eigenvalue weighted by Crippen LogP contribution is 2.24. The van der Waals surface area contributed by atoms with Gasteiger partial charge in [0.15, 0.2) is 0 Å². The van der Waals surface area contributed by atoms with E-state index in [1.165, 1.54) is 6.07 Å². The Bertz CT molecular complexity index is 425. The zero-order valence-corrected chi connectivity index (χ0v) is 9.20. The number of nitrogens with one attached hydrogen (secondary N) is 1. The van der Waals surface area contributed by atoms with Crippen LogP contribution in [0, 0.1) is 17.1 Å². The van der Waals surface area contributed by atoms with E-state index in [0.29, 0.717) is 5.69 Å². The molecule has 1 saturated heterocycles. The standard InChI is InChI=1S/C12H14FN3/c1-9-8-15-5-6-16(9)12-4-2-3-11(13)10(12)7-14/h2-4,9,15H,5-6,8H2,1H3. The minimum atomic E-state index is -0.439. The number of piperazine rings is 1. The summed E-state index contributed by atoms with van der Waals surface area (Å²) in [7, 11) is 0. The third-order valence-corrected chi connectivity index (χ3v) is 2.91.